The molecule has 0 aliphatic carbocycles. The maximum absolute atomic E-state index is 3.66. The SMILES string of the molecule is CCC(CCN(C)C)NCCN(C)CCN(C)C. The largest absolute Gasteiger partial charge is 0.313 e. The van der Waals surface area contributed by atoms with Crippen LogP contribution in [0.1, 0.15) is 19.8 Å². The van der Waals surface area contributed by atoms with Crippen LogP contribution in [-0.2, 0) is 0 Å². The molecule has 0 aliphatic heterocycles. The average Bonchev–Trinajstić information content (AvgIpc) is 2.30. The molecule has 0 aromatic heterocycles. The zero-order valence-corrected chi connectivity index (χ0v) is 13.4. The Kier molecular flexibility index (Phi) is 10.6. The summed E-state index contributed by atoms with van der Waals surface area (Å²) in [6.45, 7) is 7.94. The summed E-state index contributed by atoms with van der Waals surface area (Å²) in [5, 5.41) is 3.66. The van der Waals surface area contributed by atoms with Gasteiger partial charge in [0.05, 0.1) is 0 Å². The van der Waals surface area contributed by atoms with Crippen molar-refractivity contribution in [2.24, 2.45) is 0 Å². The molecule has 0 spiro atoms. The molecule has 0 bridgehead atoms. The van der Waals surface area contributed by atoms with Gasteiger partial charge in [0, 0.05) is 32.2 Å². The number of nitrogens with zero attached hydrogens (tertiary/aromatic N) is 3. The summed E-state index contributed by atoms with van der Waals surface area (Å²) in [6, 6.07) is 0.662. The zero-order valence-electron chi connectivity index (χ0n) is 13.4. The smallest absolute Gasteiger partial charge is 0.0107 e. The third kappa shape index (κ3) is 11.0. The molecule has 0 rings (SSSR count). The van der Waals surface area contributed by atoms with Crippen LogP contribution in [0.25, 0.3) is 0 Å². The maximum Gasteiger partial charge on any atom is 0.0107 e. The van der Waals surface area contributed by atoms with Crippen LogP contribution < -0.4 is 5.32 Å². The second-order valence-electron chi connectivity index (χ2n) is 5.76. The highest BCUT2D eigenvalue weighted by molar-refractivity contribution is 4.67. The molecule has 0 amide bonds. The lowest BCUT2D eigenvalue weighted by Crippen LogP contribution is -2.38. The molecular formula is C14H34N4. The summed E-state index contributed by atoms with van der Waals surface area (Å²) in [7, 11) is 10.7. The Bertz CT molecular complexity index is 183. The van der Waals surface area contributed by atoms with Crippen molar-refractivity contribution in [1.29, 1.82) is 0 Å². The predicted molar refractivity (Wildman–Crippen MR) is 81.3 cm³/mol. The summed E-state index contributed by atoms with van der Waals surface area (Å²) >= 11 is 0. The van der Waals surface area contributed by atoms with E-state index in [1.165, 1.54) is 19.4 Å². The Morgan fingerprint density at radius 2 is 1.44 bits per heavy atom. The summed E-state index contributed by atoms with van der Waals surface area (Å²) in [5.74, 6) is 0. The van der Waals surface area contributed by atoms with Crippen molar-refractivity contribution in [3.05, 3.63) is 0 Å². The van der Waals surface area contributed by atoms with E-state index < -0.39 is 0 Å². The fourth-order valence-electron chi connectivity index (χ4n) is 1.81. The molecule has 110 valence electrons. The van der Waals surface area contributed by atoms with Crippen LogP contribution in [0.15, 0.2) is 0 Å². The van der Waals surface area contributed by atoms with E-state index in [0.29, 0.717) is 6.04 Å². The predicted octanol–water partition coefficient (Wildman–Crippen LogP) is 0.800. The second-order valence-corrected chi connectivity index (χ2v) is 5.76. The van der Waals surface area contributed by atoms with Crippen LogP contribution in [0.5, 0.6) is 0 Å². The van der Waals surface area contributed by atoms with Crippen LogP contribution in [0, 0.1) is 0 Å². The van der Waals surface area contributed by atoms with E-state index in [-0.39, 0.29) is 0 Å². The van der Waals surface area contributed by atoms with Crippen molar-refractivity contribution in [2.75, 3.05) is 68.0 Å². The Morgan fingerprint density at radius 3 is 1.94 bits per heavy atom. The van der Waals surface area contributed by atoms with Crippen molar-refractivity contribution >= 4 is 0 Å². The summed E-state index contributed by atoms with van der Waals surface area (Å²) < 4.78 is 0. The monoisotopic (exact) mass is 258 g/mol. The molecule has 1 N–H and O–H groups in total. The van der Waals surface area contributed by atoms with Crippen LogP contribution >= 0.6 is 0 Å². The van der Waals surface area contributed by atoms with Crippen LogP contribution in [0.3, 0.4) is 0 Å². The lowest BCUT2D eigenvalue weighted by Gasteiger charge is -2.23. The average molecular weight is 258 g/mol. The van der Waals surface area contributed by atoms with Gasteiger partial charge in [0.2, 0.25) is 0 Å². The summed E-state index contributed by atoms with van der Waals surface area (Å²) in [6.07, 6.45) is 2.46. The Hall–Kier alpha value is -0.160. The molecule has 4 heteroatoms. The van der Waals surface area contributed by atoms with E-state index in [9.17, 15) is 0 Å². The fraction of sp³-hybridized carbons (Fsp3) is 1.00. The highest BCUT2D eigenvalue weighted by Gasteiger charge is 2.06. The standard InChI is InChI=1S/C14H34N4/c1-7-14(8-10-16(2)3)15-9-11-18(6)13-12-17(4)5/h14-15H,7-13H2,1-6H3. The van der Waals surface area contributed by atoms with E-state index in [1.807, 2.05) is 0 Å². The minimum Gasteiger partial charge on any atom is -0.313 e. The molecule has 18 heavy (non-hydrogen) atoms. The number of hydrogen-bond donors (Lipinski definition) is 1. The van der Waals surface area contributed by atoms with Crippen LogP contribution in [0.2, 0.25) is 0 Å². The summed E-state index contributed by atoms with van der Waals surface area (Å²) in [5.41, 5.74) is 0. The molecule has 0 saturated heterocycles. The number of likely N-dealkylation sites (N-methyl/N-ethyl adjacent to an activating group) is 2. The quantitative estimate of drug-likeness (QED) is 0.592. The van der Waals surface area contributed by atoms with E-state index >= 15 is 0 Å². The molecule has 0 aliphatic rings. The Morgan fingerprint density at radius 1 is 0.833 bits per heavy atom. The highest BCUT2D eigenvalue weighted by atomic mass is 15.2. The van der Waals surface area contributed by atoms with Gasteiger partial charge in [-0.05, 0) is 54.6 Å². The van der Waals surface area contributed by atoms with Gasteiger partial charge in [0.25, 0.3) is 0 Å². The molecule has 0 heterocycles. The number of rotatable bonds is 11. The third-order valence-corrected chi connectivity index (χ3v) is 3.27. The third-order valence-electron chi connectivity index (χ3n) is 3.27. The van der Waals surface area contributed by atoms with Crippen molar-refractivity contribution in [3.63, 3.8) is 0 Å². The minimum absolute atomic E-state index is 0.662. The fourth-order valence-corrected chi connectivity index (χ4v) is 1.81. The van der Waals surface area contributed by atoms with Gasteiger partial charge < -0.3 is 20.0 Å². The van der Waals surface area contributed by atoms with Crippen LogP contribution in [0.4, 0.5) is 0 Å². The van der Waals surface area contributed by atoms with E-state index in [2.05, 4.69) is 62.2 Å². The van der Waals surface area contributed by atoms with E-state index in [0.717, 1.165) is 26.2 Å². The molecule has 0 radical (unpaired) electrons. The van der Waals surface area contributed by atoms with Gasteiger partial charge in [-0.25, -0.2) is 0 Å². The first-order valence-electron chi connectivity index (χ1n) is 7.17. The van der Waals surface area contributed by atoms with Gasteiger partial charge in [0.1, 0.15) is 0 Å². The molecule has 1 unspecified atom stereocenters. The van der Waals surface area contributed by atoms with Gasteiger partial charge in [-0.1, -0.05) is 6.92 Å². The number of nitrogens with one attached hydrogen (secondary N) is 1. The Balaban J connectivity index is 3.59. The van der Waals surface area contributed by atoms with E-state index in [4.69, 9.17) is 0 Å². The van der Waals surface area contributed by atoms with Crippen LogP contribution in [-0.4, -0.2) is 88.7 Å². The zero-order chi connectivity index (χ0) is 14.0. The lowest BCUT2D eigenvalue weighted by atomic mass is 10.1. The normalized spacial score (nSPS) is 13.8. The van der Waals surface area contributed by atoms with Crippen molar-refractivity contribution < 1.29 is 0 Å². The summed E-state index contributed by atoms with van der Waals surface area (Å²) in [4.78, 5) is 6.88. The van der Waals surface area contributed by atoms with Gasteiger partial charge in [-0.2, -0.15) is 0 Å². The maximum atomic E-state index is 3.66. The lowest BCUT2D eigenvalue weighted by molar-refractivity contribution is 0.273. The second kappa shape index (κ2) is 10.7. The Labute approximate surface area is 114 Å². The first kappa shape index (κ1) is 17.8. The first-order valence-corrected chi connectivity index (χ1v) is 7.17. The molecule has 0 fully saturated rings. The topological polar surface area (TPSA) is 21.8 Å². The molecule has 0 saturated carbocycles. The van der Waals surface area contributed by atoms with Gasteiger partial charge >= 0.3 is 0 Å². The van der Waals surface area contributed by atoms with Gasteiger partial charge in [0.15, 0.2) is 0 Å². The minimum atomic E-state index is 0.662. The van der Waals surface area contributed by atoms with Crippen molar-refractivity contribution in [3.8, 4) is 0 Å². The molecular weight excluding hydrogens is 224 g/mol. The molecule has 0 aromatic rings. The number of hydrogen-bond acceptors (Lipinski definition) is 4. The van der Waals surface area contributed by atoms with Gasteiger partial charge in [-0.15, -0.1) is 0 Å². The van der Waals surface area contributed by atoms with E-state index in [1.54, 1.807) is 0 Å². The molecule has 1 atom stereocenters. The van der Waals surface area contributed by atoms with Gasteiger partial charge in [-0.3, -0.25) is 0 Å². The molecule has 0 aromatic carbocycles. The highest BCUT2D eigenvalue weighted by Crippen LogP contribution is 1.98. The van der Waals surface area contributed by atoms with Crippen molar-refractivity contribution in [1.82, 2.24) is 20.0 Å². The van der Waals surface area contributed by atoms with Crippen molar-refractivity contribution in [2.45, 2.75) is 25.8 Å². The molecule has 4 nitrogen and oxygen atoms in total. The first-order chi connectivity index (χ1) is 8.45.